The lowest BCUT2D eigenvalue weighted by atomic mass is 9.98. The van der Waals surface area contributed by atoms with Crippen molar-refractivity contribution in [1.29, 1.82) is 5.26 Å². The lowest BCUT2D eigenvalue weighted by molar-refractivity contribution is -0.125. The SMILES string of the molecule is COc1ccc(C(=O)OCC(=O)N[C@@](C)(C#N)C2CC2)cc1Br. The Labute approximate surface area is 142 Å². The third kappa shape index (κ3) is 4.23. The molecule has 23 heavy (non-hydrogen) atoms. The van der Waals surface area contributed by atoms with Gasteiger partial charge in [0.15, 0.2) is 6.61 Å². The smallest absolute Gasteiger partial charge is 0.338 e. The molecule has 0 radical (unpaired) electrons. The van der Waals surface area contributed by atoms with Crippen molar-refractivity contribution in [3.05, 3.63) is 28.2 Å². The molecule has 1 fully saturated rings. The summed E-state index contributed by atoms with van der Waals surface area (Å²) >= 11 is 3.28. The Kier molecular flexibility index (Phi) is 5.26. The summed E-state index contributed by atoms with van der Waals surface area (Å²) in [6, 6.07) is 6.85. The highest BCUT2D eigenvalue weighted by molar-refractivity contribution is 9.10. The highest BCUT2D eigenvalue weighted by Crippen LogP contribution is 2.39. The second-order valence-electron chi connectivity index (χ2n) is 5.56. The van der Waals surface area contributed by atoms with E-state index in [2.05, 4.69) is 27.3 Å². The van der Waals surface area contributed by atoms with Gasteiger partial charge in [0.2, 0.25) is 0 Å². The molecule has 7 heteroatoms. The topological polar surface area (TPSA) is 88.4 Å². The number of hydrogen-bond donors (Lipinski definition) is 1. The van der Waals surface area contributed by atoms with E-state index < -0.39 is 24.0 Å². The fraction of sp³-hybridized carbons (Fsp3) is 0.438. The van der Waals surface area contributed by atoms with E-state index in [-0.39, 0.29) is 5.92 Å². The van der Waals surface area contributed by atoms with Crippen LogP contribution < -0.4 is 10.1 Å². The van der Waals surface area contributed by atoms with Crippen LogP contribution in [0.3, 0.4) is 0 Å². The number of nitrogens with one attached hydrogen (secondary N) is 1. The second-order valence-corrected chi connectivity index (χ2v) is 6.42. The Morgan fingerprint density at radius 1 is 1.48 bits per heavy atom. The summed E-state index contributed by atoms with van der Waals surface area (Å²) in [4.78, 5) is 23.8. The van der Waals surface area contributed by atoms with Crippen LogP contribution in [0.15, 0.2) is 22.7 Å². The minimum absolute atomic E-state index is 0.171. The van der Waals surface area contributed by atoms with Gasteiger partial charge in [0.1, 0.15) is 11.3 Å². The first-order chi connectivity index (χ1) is 10.9. The van der Waals surface area contributed by atoms with Crippen LogP contribution in [0.25, 0.3) is 0 Å². The van der Waals surface area contributed by atoms with Crippen LogP contribution in [-0.4, -0.2) is 31.1 Å². The average Bonchev–Trinajstić information content (AvgIpc) is 3.37. The summed E-state index contributed by atoms with van der Waals surface area (Å²) in [5.74, 6) is -0.339. The summed E-state index contributed by atoms with van der Waals surface area (Å²) in [6.45, 7) is 1.26. The predicted octanol–water partition coefficient (Wildman–Crippen LogP) is 2.42. The number of rotatable bonds is 6. The Bertz CT molecular complexity index is 667. The third-order valence-electron chi connectivity index (χ3n) is 3.75. The van der Waals surface area contributed by atoms with Crippen molar-refractivity contribution in [2.45, 2.75) is 25.3 Å². The number of methoxy groups -OCH3 is 1. The Balaban J connectivity index is 1.90. The molecule has 0 bridgehead atoms. The maximum Gasteiger partial charge on any atom is 0.338 e. The zero-order valence-electron chi connectivity index (χ0n) is 12.9. The van der Waals surface area contributed by atoms with E-state index in [9.17, 15) is 14.9 Å². The van der Waals surface area contributed by atoms with E-state index >= 15 is 0 Å². The first kappa shape index (κ1) is 17.3. The maximum atomic E-state index is 12.0. The van der Waals surface area contributed by atoms with Gasteiger partial charge in [-0.2, -0.15) is 5.26 Å². The molecule has 1 aliphatic carbocycles. The summed E-state index contributed by atoms with van der Waals surface area (Å²) in [7, 11) is 1.52. The molecule has 0 unspecified atom stereocenters. The van der Waals surface area contributed by atoms with Crippen molar-refractivity contribution in [3.63, 3.8) is 0 Å². The quantitative estimate of drug-likeness (QED) is 0.765. The first-order valence-corrected chi connectivity index (χ1v) is 7.92. The van der Waals surface area contributed by atoms with Gasteiger partial charge in [-0.3, -0.25) is 4.79 Å². The zero-order chi connectivity index (χ0) is 17.0. The van der Waals surface area contributed by atoms with Crippen LogP contribution in [0, 0.1) is 17.2 Å². The molecule has 1 atom stereocenters. The fourth-order valence-electron chi connectivity index (χ4n) is 2.22. The van der Waals surface area contributed by atoms with Crippen molar-refractivity contribution in [2.75, 3.05) is 13.7 Å². The number of hydrogen-bond acceptors (Lipinski definition) is 5. The number of carbonyl (C=O) groups excluding carboxylic acids is 2. The van der Waals surface area contributed by atoms with Gasteiger partial charge in [0.25, 0.3) is 5.91 Å². The molecule has 2 rings (SSSR count). The van der Waals surface area contributed by atoms with Crippen molar-refractivity contribution >= 4 is 27.8 Å². The van der Waals surface area contributed by atoms with Crippen molar-refractivity contribution in [3.8, 4) is 11.8 Å². The van der Waals surface area contributed by atoms with Crippen LogP contribution in [-0.2, 0) is 9.53 Å². The summed E-state index contributed by atoms with van der Waals surface area (Å²) in [5, 5.41) is 11.8. The van der Waals surface area contributed by atoms with Gasteiger partial charge in [-0.1, -0.05) is 0 Å². The largest absolute Gasteiger partial charge is 0.496 e. The van der Waals surface area contributed by atoms with E-state index in [4.69, 9.17) is 9.47 Å². The minimum atomic E-state index is -0.896. The van der Waals surface area contributed by atoms with E-state index in [1.165, 1.54) is 7.11 Å². The molecule has 0 aromatic heterocycles. The Hall–Kier alpha value is -2.07. The lowest BCUT2D eigenvalue weighted by Gasteiger charge is -2.22. The van der Waals surface area contributed by atoms with Gasteiger partial charge in [-0.25, -0.2) is 4.79 Å². The number of ether oxygens (including phenoxy) is 2. The molecule has 1 amide bonds. The molecule has 0 saturated heterocycles. The van der Waals surface area contributed by atoms with Gasteiger partial charge in [0.05, 0.1) is 23.2 Å². The standard InChI is InChI=1S/C16H17BrN2O4/c1-16(9-18,11-4-5-11)19-14(20)8-23-15(21)10-3-6-13(22-2)12(17)7-10/h3,6-7,11H,4-5,8H2,1-2H3,(H,19,20)/t16-/m0/s1. The lowest BCUT2D eigenvalue weighted by Crippen LogP contribution is -2.48. The van der Waals surface area contributed by atoms with Crippen LogP contribution in [0.1, 0.15) is 30.1 Å². The van der Waals surface area contributed by atoms with Gasteiger partial charge < -0.3 is 14.8 Å². The number of benzene rings is 1. The van der Waals surface area contributed by atoms with E-state index in [0.717, 1.165) is 12.8 Å². The van der Waals surface area contributed by atoms with Gasteiger partial charge in [0, 0.05) is 0 Å². The van der Waals surface area contributed by atoms with Gasteiger partial charge >= 0.3 is 5.97 Å². The molecule has 1 aliphatic rings. The molecular formula is C16H17BrN2O4. The number of esters is 1. The van der Waals surface area contributed by atoms with Crippen LogP contribution >= 0.6 is 15.9 Å². The molecule has 1 saturated carbocycles. The molecule has 6 nitrogen and oxygen atoms in total. The highest BCUT2D eigenvalue weighted by atomic mass is 79.9. The molecule has 1 N–H and O–H groups in total. The van der Waals surface area contributed by atoms with Crippen LogP contribution in [0.5, 0.6) is 5.75 Å². The van der Waals surface area contributed by atoms with Crippen molar-refractivity contribution in [2.24, 2.45) is 5.92 Å². The van der Waals surface area contributed by atoms with Crippen molar-refractivity contribution in [1.82, 2.24) is 5.32 Å². The molecule has 122 valence electrons. The predicted molar refractivity (Wildman–Crippen MR) is 85.9 cm³/mol. The van der Waals surface area contributed by atoms with Crippen molar-refractivity contribution < 1.29 is 19.1 Å². The maximum absolute atomic E-state index is 12.0. The molecule has 0 aliphatic heterocycles. The molecular weight excluding hydrogens is 364 g/mol. The number of nitriles is 1. The summed E-state index contributed by atoms with van der Waals surface area (Å²) in [5.41, 5.74) is -0.595. The third-order valence-corrected chi connectivity index (χ3v) is 4.37. The zero-order valence-corrected chi connectivity index (χ0v) is 14.5. The highest BCUT2D eigenvalue weighted by Gasteiger charge is 2.43. The molecule has 0 spiro atoms. The Morgan fingerprint density at radius 2 is 2.17 bits per heavy atom. The van der Waals surface area contributed by atoms with E-state index in [0.29, 0.717) is 15.8 Å². The van der Waals surface area contributed by atoms with Crippen LogP contribution in [0.2, 0.25) is 0 Å². The van der Waals surface area contributed by atoms with E-state index in [1.54, 1.807) is 25.1 Å². The number of halogens is 1. The van der Waals surface area contributed by atoms with E-state index in [1.807, 2.05) is 0 Å². The number of amides is 1. The van der Waals surface area contributed by atoms with Gasteiger partial charge in [-0.05, 0) is 59.8 Å². The average molecular weight is 381 g/mol. The molecule has 1 aromatic carbocycles. The monoisotopic (exact) mass is 380 g/mol. The normalized spacial score (nSPS) is 15.9. The fourth-order valence-corrected chi connectivity index (χ4v) is 2.76. The van der Waals surface area contributed by atoms with Crippen LogP contribution in [0.4, 0.5) is 0 Å². The summed E-state index contributed by atoms with van der Waals surface area (Å²) < 4.78 is 10.7. The number of carbonyl (C=O) groups is 2. The first-order valence-electron chi connectivity index (χ1n) is 7.12. The summed E-state index contributed by atoms with van der Waals surface area (Å²) in [6.07, 6.45) is 1.84. The second kappa shape index (κ2) is 7.01. The Morgan fingerprint density at radius 3 is 2.70 bits per heavy atom. The number of nitrogens with zero attached hydrogens (tertiary/aromatic N) is 1. The molecule has 0 heterocycles. The van der Waals surface area contributed by atoms with Gasteiger partial charge in [-0.15, -0.1) is 0 Å². The minimum Gasteiger partial charge on any atom is -0.496 e. The molecule has 1 aromatic rings.